The molecule has 0 aromatic heterocycles. The van der Waals surface area contributed by atoms with Crippen molar-refractivity contribution in [2.75, 3.05) is 11.9 Å². The maximum absolute atomic E-state index is 13.6. The van der Waals surface area contributed by atoms with Gasteiger partial charge in [-0.3, -0.25) is 14.4 Å². The van der Waals surface area contributed by atoms with Crippen LogP contribution in [0.2, 0.25) is 5.02 Å². The van der Waals surface area contributed by atoms with Crippen LogP contribution >= 0.6 is 11.6 Å². The molecule has 2 rings (SSSR count). The monoisotopic (exact) mass is 377 g/mol. The second-order valence-electron chi connectivity index (χ2n) is 5.62. The Bertz CT molecular complexity index is 821. The average Bonchev–Trinajstić information content (AvgIpc) is 2.61. The topological polar surface area (TPSA) is 72.5 Å². The van der Waals surface area contributed by atoms with Crippen molar-refractivity contribution in [2.45, 2.75) is 19.8 Å². The van der Waals surface area contributed by atoms with E-state index >= 15 is 0 Å². The van der Waals surface area contributed by atoms with Crippen LogP contribution in [0.5, 0.6) is 0 Å². The lowest BCUT2D eigenvalue weighted by Crippen LogP contribution is -2.21. The summed E-state index contributed by atoms with van der Waals surface area (Å²) >= 11 is 5.74. The van der Waals surface area contributed by atoms with Crippen LogP contribution < -0.4 is 5.32 Å². The highest BCUT2D eigenvalue weighted by molar-refractivity contribution is 6.30. The number of hydrogen-bond donors (Lipinski definition) is 1. The Kier molecular flexibility index (Phi) is 6.86. The minimum Gasteiger partial charge on any atom is -0.456 e. The van der Waals surface area contributed by atoms with Crippen molar-refractivity contribution in [3.63, 3.8) is 0 Å². The van der Waals surface area contributed by atoms with Gasteiger partial charge in [-0.05, 0) is 48.9 Å². The Hall–Kier alpha value is -2.73. The number of anilines is 1. The van der Waals surface area contributed by atoms with Gasteiger partial charge in [0.15, 0.2) is 12.4 Å². The van der Waals surface area contributed by atoms with E-state index in [2.05, 4.69) is 5.32 Å². The summed E-state index contributed by atoms with van der Waals surface area (Å²) in [6, 6.07) is 10.7. The molecule has 0 radical (unpaired) electrons. The van der Waals surface area contributed by atoms with Crippen LogP contribution in [0.15, 0.2) is 42.5 Å². The van der Waals surface area contributed by atoms with Gasteiger partial charge < -0.3 is 10.1 Å². The third-order valence-electron chi connectivity index (χ3n) is 3.49. The third-order valence-corrected chi connectivity index (χ3v) is 3.74. The molecule has 1 amide bonds. The van der Waals surface area contributed by atoms with E-state index in [0.29, 0.717) is 10.6 Å². The standard InChI is InChI=1S/C19H17ClFNO4/c1-12-2-7-16(15(21)10-12)22-18(24)11-26-19(25)9-8-17(23)13-3-5-14(20)6-4-13/h2-7,10H,8-9,11H2,1H3,(H,22,24). The van der Waals surface area contributed by atoms with Gasteiger partial charge in [0.25, 0.3) is 5.91 Å². The number of amides is 1. The first-order valence-electron chi connectivity index (χ1n) is 7.85. The van der Waals surface area contributed by atoms with Crippen molar-refractivity contribution < 1.29 is 23.5 Å². The largest absolute Gasteiger partial charge is 0.456 e. The van der Waals surface area contributed by atoms with Crippen LogP contribution in [0.25, 0.3) is 0 Å². The highest BCUT2D eigenvalue weighted by Gasteiger charge is 2.13. The summed E-state index contributed by atoms with van der Waals surface area (Å²) in [6.07, 6.45) is -0.206. The number of rotatable bonds is 7. The van der Waals surface area contributed by atoms with Gasteiger partial charge in [-0.2, -0.15) is 0 Å². The lowest BCUT2D eigenvalue weighted by molar-refractivity contribution is -0.147. The van der Waals surface area contributed by atoms with Gasteiger partial charge in [0.05, 0.1) is 12.1 Å². The Labute approximate surface area is 155 Å². The molecule has 7 heteroatoms. The highest BCUT2D eigenvalue weighted by atomic mass is 35.5. The average molecular weight is 378 g/mol. The summed E-state index contributed by atoms with van der Waals surface area (Å²) in [5.41, 5.74) is 1.17. The first kappa shape index (κ1) is 19.6. The molecule has 0 fully saturated rings. The number of ketones is 1. The van der Waals surface area contributed by atoms with E-state index in [1.807, 2.05) is 0 Å². The minimum atomic E-state index is -0.688. The molecule has 0 saturated carbocycles. The fourth-order valence-electron chi connectivity index (χ4n) is 2.12. The van der Waals surface area contributed by atoms with E-state index in [1.54, 1.807) is 37.3 Å². The molecule has 2 aromatic rings. The molecule has 1 N–H and O–H groups in total. The highest BCUT2D eigenvalue weighted by Crippen LogP contribution is 2.15. The molecule has 0 atom stereocenters. The van der Waals surface area contributed by atoms with Crippen molar-refractivity contribution in [3.8, 4) is 0 Å². The third kappa shape index (κ3) is 5.97. The van der Waals surface area contributed by atoms with Gasteiger partial charge in [-0.25, -0.2) is 4.39 Å². The number of hydrogen-bond acceptors (Lipinski definition) is 4. The predicted octanol–water partition coefficient (Wildman–Crippen LogP) is 3.93. The number of ether oxygens (including phenoxy) is 1. The number of halogens is 2. The Balaban J connectivity index is 1.74. The number of carbonyl (C=O) groups is 3. The second-order valence-corrected chi connectivity index (χ2v) is 6.06. The summed E-state index contributed by atoms with van der Waals surface area (Å²) in [4.78, 5) is 35.3. The molecule has 0 bridgehead atoms. The lowest BCUT2D eigenvalue weighted by Gasteiger charge is -2.08. The Morgan fingerprint density at radius 2 is 1.77 bits per heavy atom. The molecule has 0 saturated heterocycles. The van der Waals surface area contributed by atoms with Gasteiger partial charge in [0, 0.05) is 17.0 Å². The molecular weight excluding hydrogens is 361 g/mol. The lowest BCUT2D eigenvalue weighted by atomic mass is 10.1. The van der Waals surface area contributed by atoms with Crippen LogP contribution in [0.1, 0.15) is 28.8 Å². The zero-order valence-electron chi connectivity index (χ0n) is 14.1. The normalized spacial score (nSPS) is 10.3. The Morgan fingerprint density at radius 3 is 2.42 bits per heavy atom. The number of esters is 1. The maximum Gasteiger partial charge on any atom is 0.306 e. The smallest absolute Gasteiger partial charge is 0.306 e. The fourth-order valence-corrected chi connectivity index (χ4v) is 2.25. The van der Waals surface area contributed by atoms with Crippen LogP contribution in [0, 0.1) is 12.7 Å². The first-order chi connectivity index (χ1) is 12.3. The molecule has 0 heterocycles. The molecule has 2 aromatic carbocycles. The number of aryl methyl sites for hydroxylation is 1. The van der Waals surface area contributed by atoms with Gasteiger partial charge in [-0.1, -0.05) is 17.7 Å². The van der Waals surface area contributed by atoms with Gasteiger partial charge in [0.2, 0.25) is 0 Å². The number of benzene rings is 2. The molecular formula is C19H17ClFNO4. The van der Waals surface area contributed by atoms with Crippen LogP contribution in [-0.2, 0) is 14.3 Å². The van der Waals surface area contributed by atoms with E-state index in [1.165, 1.54) is 12.1 Å². The van der Waals surface area contributed by atoms with Crippen molar-refractivity contribution >= 4 is 34.9 Å². The minimum absolute atomic E-state index is 0.00886. The number of carbonyl (C=O) groups excluding carboxylic acids is 3. The van der Waals surface area contributed by atoms with Crippen molar-refractivity contribution in [1.29, 1.82) is 0 Å². The SMILES string of the molecule is Cc1ccc(NC(=O)COC(=O)CCC(=O)c2ccc(Cl)cc2)c(F)c1. The van der Waals surface area contributed by atoms with Crippen molar-refractivity contribution in [3.05, 3.63) is 64.4 Å². The first-order valence-corrected chi connectivity index (χ1v) is 8.23. The summed E-state index contributed by atoms with van der Waals surface area (Å²) in [5.74, 6) is -2.15. The summed E-state index contributed by atoms with van der Waals surface area (Å²) in [6.45, 7) is 1.17. The summed E-state index contributed by atoms with van der Waals surface area (Å²) < 4.78 is 18.4. The molecule has 0 aliphatic carbocycles. The van der Waals surface area contributed by atoms with E-state index < -0.39 is 24.3 Å². The van der Waals surface area contributed by atoms with Crippen LogP contribution in [0.3, 0.4) is 0 Å². The predicted molar refractivity (Wildman–Crippen MR) is 95.7 cm³/mol. The van der Waals surface area contributed by atoms with Gasteiger partial charge in [0.1, 0.15) is 5.82 Å². The van der Waals surface area contributed by atoms with Crippen LogP contribution in [0.4, 0.5) is 10.1 Å². The summed E-state index contributed by atoms with van der Waals surface area (Å²) in [5, 5.41) is 2.83. The van der Waals surface area contributed by atoms with Crippen molar-refractivity contribution in [1.82, 2.24) is 0 Å². The molecule has 0 aliphatic heterocycles. The fraction of sp³-hybridized carbons (Fsp3) is 0.211. The van der Waals surface area contributed by atoms with E-state index in [9.17, 15) is 18.8 Å². The van der Waals surface area contributed by atoms with Crippen LogP contribution in [-0.4, -0.2) is 24.3 Å². The van der Waals surface area contributed by atoms with Gasteiger partial charge >= 0.3 is 5.97 Å². The summed E-state index contributed by atoms with van der Waals surface area (Å²) in [7, 11) is 0. The Morgan fingerprint density at radius 1 is 1.08 bits per heavy atom. The molecule has 26 heavy (non-hydrogen) atoms. The van der Waals surface area contributed by atoms with E-state index in [0.717, 1.165) is 5.56 Å². The quantitative estimate of drug-likeness (QED) is 0.586. The molecule has 0 spiro atoms. The molecule has 5 nitrogen and oxygen atoms in total. The molecule has 0 unspecified atom stereocenters. The number of nitrogens with one attached hydrogen (secondary N) is 1. The van der Waals surface area contributed by atoms with E-state index in [-0.39, 0.29) is 24.3 Å². The molecule has 136 valence electrons. The van der Waals surface area contributed by atoms with Crippen molar-refractivity contribution in [2.24, 2.45) is 0 Å². The zero-order chi connectivity index (χ0) is 19.1. The van der Waals surface area contributed by atoms with E-state index in [4.69, 9.17) is 16.3 Å². The zero-order valence-corrected chi connectivity index (χ0v) is 14.8. The van der Waals surface area contributed by atoms with Gasteiger partial charge in [-0.15, -0.1) is 0 Å². The second kappa shape index (κ2) is 9.10. The maximum atomic E-state index is 13.6. The number of Topliss-reactive ketones (excluding diaryl/α,β-unsaturated/α-hetero) is 1. The molecule has 0 aliphatic rings.